The number of ether oxygens (including phenoxy) is 2. The highest BCUT2D eigenvalue weighted by Gasteiger charge is 2.31. The molecule has 4 nitrogen and oxygen atoms in total. The summed E-state index contributed by atoms with van der Waals surface area (Å²) in [5, 5.41) is 9.75. The third-order valence-electron chi connectivity index (χ3n) is 14.1. The largest absolute Gasteiger partial charge is 0.453 e. The van der Waals surface area contributed by atoms with Crippen LogP contribution < -0.4 is 29.7 Å². The molecule has 0 N–H and O–H groups in total. The Morgan fingerprint density at radius 3 is 1.68 bits per heavy atom. The van der Waals surface area contributed by atoms with Crippen molar-refractivity contribution in [2.45, 2.75) is 12.5 Å². The van der Waals surface area contributed by atoms with Gasteiger partial charge in [0.05, 0.1) is 28.8 Å². The molecule has 11 aromatic rings. The fraction of sp³-hybridized carbons (Fsp3) is 0.0312. The number of anilines is 5. The van der Waals surface area contributed by atoms with Crippen LogP contribution in [0.5, 0.6) is 23.0 Å². The van der Waals surface area contributed by atoms with Crippen molar-refractivity contribution in [1.29, 1.82) is 0 Å². The van der Waals surface area contributed by atoms with Gasteiger partial charge in [0.1, 0.15) is 0 Å². The van der Waals surface area contributed by atoms with E-state index in [2.05, 4.69) is 234 Å². The highest BCUT2D eigenvalue weighted by molar-refractivity contribution is 6.12. The Hall–Kier alpha value is -8.86. The molecule has 0 amide bonds. The topological polar surface area (TPSA) is 24.9 Å². The van der Waals surface area contributed by atoms with Crippen LogP contribution in [0, 0.1) is 0 Å². The molecule has 1 aliphatic carbocycles. The van der Waals surface area contributed by atoms with E-state index in [1.54, 1.807) is 0 Å². The van der Waals surface area contributed by atoms with Gasteiger partial charge in [0, 0.05) is 5.69 Å². The Kier molecular flexibility index (Phi) is 8.68. The Morgan fingerprint density at radius 2 is 0.941 bits per heavy atom. The van der Waals surface area contributed by atoms with Crippen molar-refractivity contribution in [3.05, 3.63) is 235 Å². The molecule has 3 aliphatic rings. The van der Waals surface area contributed by atoms with Crippen LogP contribution in [0.4, 0.5) is 28.4 Å². The molecule has 0 aromatic heterocycles. The van der Waals surface area contributed by atoms with E-state index in [0.717, 1.165) is 57.9 Å². The lowest BCUT2D eigenvalue weighted by Gasteiger charge is -2.38. The van der Waals surface area contributed by atoms with Crippen LogP contribution in [0.2, 0.25) is 0 Å². The third kappa shape index (κ3) is 6.08. The zero-order valence-electron chi connectivity index (χ0n) is 37.0. The maximum Gasteiger partial charge on any atom is 0.151 e. The van der Waals surface area contributed by atoms with Crippen molar-refractivity contribution in [3.8, 4) is 56.4 Å². The normalized spacial score (nSPS) is 14.4. The molecular formula is C64H42N2O2. The van der Waals surface area contributed by atoms with Gasteiger partial charge in [0.2, 0.25) is 0 Å². The molecule has 0 spiro atoms. The van der Waals surface area contributed by atoms with Gasteiger partial charge in [-0.2, -0.15) is 0 Å². The summed E-state index contributed by atoms with van der Waals surface area (Å²) in [7, 11) is 0. The molecule has 11 aromatic carbocycles. The highest BCUT2D eigenvalue weighted by atomic mass is 16.5. The Bertz CT molecular complexity index is 3910. The Labute approximate surface area is 394 Å². The van der Waals surface area contributed by atoms with E-state index in [4.69, 9.17) is 9.47 Å². The molecular weight excluding hydrogens is 829 g/mol. The molecule has 1 atom stereocenters. The van der Waals surface area contributed by atoms with Crippen molar-refractivity contribution in [2.75, 3.05) is 9.80 Å². The second kappa shape index (κ2) is 15.4. The number of para-hydroxylation sites is 8. The summed E-state index contributed by atoms with van der Waals surface area (Å²) >= 11 is 0. The number of rotatable bonds is 5. The van der Waals surface area contributed by atoms with Gasteiger partial charge in [-0.3, -0.25) is 0 Å². The minimum Gasteiger partial charge on any atom is -0.453 e. The van der Waals surface area contributed by atoms with Crippen LogP contribution in [0.1, 0.15) is 6.42 Å². The molecule has 1 unspecified atom stereocenters. The molecule has 0 bridgehead atoms. The smallest absolute Gasteiger partial charge is 0.151 e. The average Bonchev–Trinajstić information content (AvgIpc) is 3.40. The summed E-state index contributed by atoms with van der Waals surface area (Å²) in [6.45, 7) is 0. The first kappa shape index (κ1) is 38.4. The molecule has 68 heavy (non-hydrogen) atoms. The molecule has 2 aliphatic heterocycles. The van der Waals surface area contributed by atoms with Crippen molar-refractivity contribution in [1.82, 2.24) is 0 Å². The lowest BCUT2D eigenvalue weighted by Crippen LogP contribution is -2.40. The van der Waals surface area contributed by atoms with Crippen LogP contribution >= 0.6 is 0 Å². The minimum atomic E-state index is -0.00503. The quantitative estimate of drug-likeness (QED) is 0.172. The molecule has 2 heterocycles. The second-order valence-corrected chi connectivity index (χ2v) is 17.9. The van der Waals surface area contributed by atoms with E-state index >= 15 is 0 Å². The Balaban J connectivity index is 1.09. The van der Waals surface area contributed by atoms with Gasteiger partial charge in [-0.1, -0.05) is 164 Å². The van der Waals surface area contributed by atoms with Crippen LogP contribution in [0.25, 0.3) is 77.9 Å². The van der Waals surface area contributed by atoms with Gasteiger partial charge in [0.25, 0.3) is 0 Å². The molecule has 0 saturated heterocycles. The van der Waals surface area contributed by atoms with Gasteiger partial charge in [0.15, 0.2) is 23.0 Å². The van der Waals surface area contributed by atoms with Gasteiger partial charge in [-0.25, -0.2) is 0 Å². The van der Waals surface area contributed by atoms with E-state index in [-0.39, 0.29) is 6.04 Å². The van der Waals surface area contributed by atoms with Crippen LogP contribution in [0.3, 0.4) is 0 Å². The molecule has 0 radical (unpaired) electrons. The number of benzene rings is 11. The van der Waals surface area contributed by atoms with E-state index in [0.29, 0.717) is 0 Å². The predicted molar refractivity (Wildman–Crippen MR) is 282 cm³/mol. The fourth-order valence-electron chi connectivity index (χ4n) is 11.1. The average molecular weight is 871 g/mol. The number of fused-ring (bicyclic) bond motifs is 8. The van der Waals surface area contributed by atoms with E-state index in [1.807, 2.05) is 12.1 Å². The zero-order chi connectivity index (χ0) is 44.7. The van der Waals surface area contributed by atoms with Crippen LogP contribution in [-0.2, 0) is 0 Å². The first-order chi connectivity index (χ1) is 33.7. The molecule has 0 saturated carbocycles. The van der Waals surface area contributed by atoms with Gasteiger partial charge < -0.3 is 19.3 Å². The van der Waals surface area contributed by atoms with Gasteiger partial charge in [-0.05, 0) is 155 Å². The molecule has 4 heteroatoms. The zero-order valence-corrected chi connectivity index (χ0v) is 37.0. The van der Waals surface area contributed by atoms with Gasteiger partial charge >= 0.3 is 0 Å². The van der Waals surface area contributed by atoms with Gasteiger partial charge in [-0.15, -0.1) is 0 Å². The lowest BCUT2D eigenvalue weighted by atomic mass is 9.83. The van der Waals surface area contributed by atoms with Crippen molar-refractivity contribution in [3.63, 3.8) is 0 Å². The molecule has 320 valence electrons. The van der Waals surface area contributed by atoms with Crippen molar-refractivity contribution in [2.24, 2.45) is 0 Å². The van der Waals surface area contributed by atoms with Crippen molar-refractivity contribution >= 4 is 72.9 Å². The molecule has 14 rings (SSSR count). The number of nitrogens with zero attached hydrogens (tertiary/aromatic N) is 2. The number of hydrogen-bond acceptors (Lipinski definition) is 4. The highest BCUT2D eigenvalue weighted by Crippen LogP contribution is 2.52. The second-order valence-electron chi connectivity index (χ2n) is 17.9. The summed E-state index contributed by atoms with van der Waals surface area (Å²) in [5.74, 6) is 3.39. The maximum absolute atomic E-state index is 6.55. The van der Waals surface area contributed by atoms with E-state index < -0.39 is 0 Å². The summed E-state index contributed by atoms with van der Waals surface area (Å²) in [6.07, 6.45) is 5.85. The SMILES string of the molecule is C1=c2c(-c3cccc(-c4ccc5ccccc5c4)c3)c3ccc(N4c5ccccc5Oc5ccccc54)cc3c(-c3cccc4ccccc34)c2=CCC1N1c2ccccc2Oc2ccccc21. The fourth-order valence-corrected chi connectivity index (χ4v) is 11.1. The summed E-state index contributed by atoms with van der Waals surface area (Å²) in [6, 6.07) is 80.8. The Morgan fingerprint density at radius 1 is 0.368 bits per heavy atom. The predicted octanol–water partition coefficient (Wildman–Crippen LogP) is 16.0. The first-order valence-electron chi connectivity index (χ1n) is 23.4. The summed E-state index contributed by atoms with van der Waals surface area (Å²) < 4.78 is 13.1. The standard InChI is InChI=1S/C64H42N2O2/c1-2-17-43-37-45(32-31-41(43)15-1)44-19-13-20-46(38-44)63-51-35-33-48(66-57-25-7-11-29-61(57)68-62-30-12-8-26-58(62)66)40-54(51)64(50-22-14-18-42-16-3-4-21-49(42)50)52-36-34-47(39-53(52)63)65-55-23-5-9-27-59(55)67-60-28-10-6-24-56(60)65/h1-33,35-40,47H,34H2. The molecule has 0 fully saturated rings. The first-order valence-corrected chi connectivity index (χ1v) is 23.4. The minimum absolute atomic E-state index is 0.00503. The third-order valence-corrected chi connectivity index (χ3v) is 14.1. The monoisotopic (exact) mass is 870 g/mol. The summed E-state index contributed by atoms with van der Waals surface area (Å²) in [5.41, 5.74) is 12.4. The maximum atomic E-state index is 6.55. The van der Waals surface area contributed by atoms with Crippen LogP contribution in [-0.4, -0.2) is 6.04 Å². The van der Waals surface area contributed by atoms with Crippen molar-refractivity contribution < 1.29 is 9.47 Å². The lowest BCUT2D eigenvalue weighted by molar-refractivity contribution is 0.471. The van der Waals surface area contributed by atoms with E-state index in [9.17, 15) is 0 Å². The summed E-state index contributed by atoms with van der Waals surface area (Å²) in [4.78, 5) is 4.85. The van der Waals surface area contributed by atoms with Crippen LogP contribution in [0.15, 0.2) is 224 Å². The number of hydrogen-bond donors (Lipinski definition) is 0. The van der Waals surface area contributed by atoms with E-state index in [1.165, 1.54) is 76.1 Å².